The zero-order valence-electron chi connectivity index (χ0n) is 12.3. The number of aryl methyl sites for hydroxylation is 2. The van der Waals surface area contributed by atoms with Crippen LogP contribution < -0.4 is 5.32 Å². The van der Waals surface area contributed by atoms with E-state index in [9.17, 15) is 8.78 Å². The first-order valence-electron chi connectivity index (χ1n) is 6.89. The van der Waals surface area contributed by atoms with Crippen LogP contribution in [0.15, 0.2) is 30.3 Å². The molecule has 2 rings (SSSR count). The van der Waals surface area contributed by atoms with Gasteiger partial charge in [-0.1, -0.05) is 36.7 Å². The molecule has 2 aromatic rings. The Kier molecular flexibility index (Phi) is 4.96. The van der Waals surface area contributed by atoms with Crippen LogP contribution in [0.5, 0.6) is 0 Å². The predicted octanol–water partition coefficient (Wildman–Crippen LogP) is 4.93. The Morgan fingerprint density at radius 3 is 2.19 bits per heavy atom. The Hall–Kier alpha value is -1.45. The summed E-state index contributed by atoms with van der Waals surface area (Å²) in [5.74, 6) is -0.649. The molecule has 1 atom stereocenters. The summed E-state index contributed by atoms with van der Waals surface area (Å²) in [5.41, 5.74) is 2.85. The van der Waals surface area contributed by atoms with Crippen molar-refractivity contribution >= 4 is 11.6 Å². The van der Waals surface area contributed by atoms with Gasteiger partial charge >= 0.3 is 0 Å². The summed E-state index contributed by atoms with van der Waals surface area (Å²) >= 11 is 5.73. The van der Waals surface area contributed by atoms with E-state index in [0.717, 1.165) is 11.1 Å². The van der Waals surface area contributed by atoms with Gasteiger partial charge in [0.2, 0.25) is 0 Å². The van der Waals surface area contributed by atoms with E-state index in [1.807, 2.05) is 6.92 Å². The predicted molar refractivity (Wildman–Crippen MR) is 82.8 cm³/mol. The second kappa shape index (κ2) is 6.54. The molecule has 2 aromatic carbocycles. The van der Waals surface area contributed by atoms with Crippen molar-refractivity contribution in [3.63, 3.8) is 0 Å². The zero-order chi connectivity index (χ0) is 15.6. The number of rotatable bonds is 4. The van der Waals surface area contributed by atoms with E-state index in [4.69, 9.17) is 11.6 Å². The maximum Gasteiger partial charge on any atom is 0.142 e. The maximum absolute atomic E-state index is 13.8. The van der Waals surface area contributed by atoms with Crippen LogP contribution in [-0.2, 0) is 0 Å². The van der Waals surface area contributed by atoms with E-state index in [2.05, 4.69) is 5.32 Å². The van der Waals surface area contributed by atoms with Crippen LogP contribution in [-0.4, -0.2) is 6.54 Å². The lowest BCUT2D eigenvalue weighted by atomic mass is 9.95. The average molecular weight is 310 g/mol. The Morgan fingerprint density at radius 2 is 1.67 bits per heavy atom. The second-order valence-electron chi connectivity index (χ2n) is 5.13. The van der Waals surface area contributed by atoms with E-state index in [1.54, 1.807) is 38.1 Å². The van der Waals surface area contributed by atoms with Gasteiger partial charge < -0.3 is 5.32 Å². The van der Waals surface area contributed by atoms with Gasteiger partial charge in [0, 0.05) is 0 Å². The number of hydrogen-bond acceptors (Lipinski definition) is 1. The summed E-state index contributed by atoms with van der Waals surface area (Å²) in [6.45, 7) is 6.15. The highest BCUT2D eigenvalue weighted by Crippen LogP contribution is 2.28. The SMILES string of the molecule is CCNC(c1cc(C)c(F)c(C)c1)c1ccc(Cl)c(F)c1. The summed E-state index contributed by atoms with van der Waals surface area (Å²) in [6.07, 6.45) is 0. The summed E-state index contributed by atoms with van der Waals surface area (Å²) in [7, 11) is 0. The van der Waals surface area contributed by atoms with Crippen LogP contribution in [0.2, 0.25) is 5.02 Å². The summed E-state index contributed by atoms with van der Waals surface area (Å²) in [5, 5.41) is 3.40. The van der Waals surface area contributed by atoms with Crippen LogP contribution in [0.3, 0.4) is 0 Å². The minimum atomic E-state index is -0.451. The molecule has 0 radical (unpaired) electrons. The van der Waals surface area contributed by atoms with Crippen molar-refractivity contribution in [1.82, 2.24) is 5.32 Å². The van der Waals surface area contributed by atoms with Gasteiger partial charge in [-0.3, -0.25) is 0 Å². The zero-order valence-corrected chi connectivity index (χ0v) is 13.1. The third kappa shape index (κ3) is 3.42. The highest BCUT2D eigenvalue weighted by atomic mass is 35.5. The van der Waals surface area contributed by atoms with Crippen molar-refractivity contribution in [1.29, 1.82) is 0 Å². The largest absolute Gasteiger partial charge is 0.307 e. The van der Waals surface area contributed by atoms with Gasteiger partial charge in [0.05, 0.1) is 11.1 Å². The molecule has 1 nitrogen and oxygen atoms in total. The highest BCUT2D eigenvalue weighted by Gasteiger charge is 2.17. The van der Waals surface area contributed by atoms with Gasteiger partial charge in [-0.05, 0) is 54.8 Å². The molecule has 21 heavy (non-hydrogen) atoms. The molecule has 0 saturated carbocycles. The Balaban J connectivity index is 2.50. The molecular weight excluding hydrogens is 292 g/mol. The van der Waals surface area contributed by atoms with Gasteiger partial charge in [0.25, 0.3) is 0 Å². The van der Waals surface area contributed by atoms with E-state index in [-0.39, 0.29) is 16.9 Å². The standard InChI is InChI=1S/C17H18ClF2N/c1-4-21-17(12-5-6-14(18)15(19)9-12)13-7-10(2)16(20)11(3)8-13/h5-9,17,21H,4H2,1-3H3. The Labute approximate surface area is 128 Å². The Morgan fingerprint density at radius 1 is 1.05 bits per heavy atom. The summed E-state index contributed by atoms with van der Waals surface area (Å²) in [4.78, 5) is 0. The van der Waals surface area contributed by atoms with E-state index < -0.39 is 5.82 Å². The van der Waals surface area contributed by atoms with Gasteiger partial charge in [0.1, 0.15) is 11.6 Å². The van der Waals surface area contributed by atoms with Crippen molar-refractivity contribution in [2.24, 2.45) is 0 Å². The molecule has 112 valence electrons. The second-order valence-corrected chi connectivity index (χ2v) is 5.54. The molecule has 0 bridgehead atoms. The topological polar surface area (TPSA) is 12.0 Å². The smallest absolute Gasteiger partial charge is 0.142 e. The highest BCUT2D eigenvalue weighted by molar-refractivity contribution is 6.30. The summed E-state index contributed by atoms with van der Waals surface area (Å²) in [6, 6.07) is 8.14. The number of nitrogens with one attached hydrogen (secondary N) is 1. The van der Waals surface area contributed by atoms with Gasteiger partial charge in [-0.25, -0.2) is 8.78 Å². The van der Waals surface area contributed by atoms with E-state index >= 15 is 0 Å². The lowest BCUT2D eigenvalue weighted by Gasteiger charge is -2.20. The molecule has 0 spiro atoms. The third-order valence-corrected chi connectivity index (χ3v) is 3.78. The molecule has 1 unspecified atom stereocenters. The van der Waals surface area contributed by atoms with E-state index in [1.165, 1.54) is 6.07 Å². The molecule has 0 aromatic heterocycles. The molecule has 4 heteroatoms. The lowest BCUT2D eigenvalue weighted by Crippen LogP contribution is -2.22. The van der Waals surface area contributed by atoms with Crippen molar-refractivity contribution in [2.75, 3.05) is 6.54 Å². The van der Waals surface area contributed by atoms with E-state index in [0.29, 0.717) is 17.7 Å². The first kappa shape index (κ1) is 15.9. The quantitative estimate of drug-likeness (QED) is 0.844. The monoisotopic (exact) mass is 309 g/mol. The van der Waals surface area contributed by atoms with Crippen LogP contribution in [0, 0.1) is 25.5 Å². The minimum absolute atomic E-state index is 0.0977. The van der Waals surface area contributed by atoms with Crippen molar-refractivity contribution in [3.05, 3.63) is 69.2 Å². The Bertz CT molecular complexity index is 632. The van der Waals surface area contributed by atoms with Crippen molar-refractivity contribution in [3.8, 4) is 0 Å². The molecule has 0 aliphatic heterocycles. The van der Waals surface area contributed by atoms with Crippen molar-refractivity contribution < 1.29 is 8.78 Å². The molecule has 1 N–H and O–H groups in total. The molecular formula is C17H18ClF2N. The molecule has 0 aliphatic rings. The first-order valence-corrected chi connectivity index (χ1v) is 7.26. The number of benzene rings is 2. The van der Waals surface area contributed by atoms with Crippen molar-refractivity contribution in [2.45, 2.75) is 26.8 Å². The molecule has 0 fully saturated rings. The van der Waals surface area contributed by atoms with Crippen LogP contribution >= 0.6 is 11.6 Å². The minimum Gasteiger partial charge on any atom is -0.307 e. The normalized spacial score (nSPS) is 12.5. The van der Waals surface area contributed by atoms with Gasteiger partial charge in [-0.2, -0.15) is 0 Å². The average Bonchev–Trinajstić information content (AvgIpc) is 2.45. The summed E-state index contributed by atoms with van der Waals surface area (Å²) < 4.78 is 27.5. The molecule has 0 aliphatic carbocycles. The fourth-order valence-corrected chi connectivity index (χ4v) is 2.59. The fourth-order valence-electron chi connectivity index (χ4n) is 2.47. The molecule has 0 heterocycles. The molecule has 0 amide bonds. The van der Waals surface area contributed by atoms with Gasteiger partial charge in [-0.15, -0.1) is 0 Å². The van der Waals surface area contributed by atoms with Crippen LogP contribution in [0.1, 0.15) is 35.2 Å². The van der Waals surface area contributed by atoms with Crippen LogP contribution in [0.4, 0.5) is 8.78 Å². The van der Waals surface area contributed by atoms with Crippen LogP contribution in [0.25, 0.3) is 0 Å². The maximum atomic E-state index is 13.8. The third-order valence-electron chi connectivity index (χ3n) is 3.48. The fraction of sp³-hybridized carbons (Fsp3) is 0.294. The van der Waals surface area contributed by atoms with Gasteiger partial charge in [0.15, 0.2) is 0 Å². The first-order chi connectivity index (χ1) is 9.93. The lowest BCUT2D eigenvalue weighted by molar-refractivity contribution is 0.592. The molecule has 0 saturated heterocycles. The number of halogens is 3. The number of hydrogen-bond donors (Lipinski definition) is 1.